The molecule has 0 radical (unpaired) electrons. The number of amides is 2. The molecule has 0 saturated carbocycles. The average Bonchev–Trinajstić information content (AvgIpc) is 2.36. The number of carbonyl (C=O) groups excluding carboxylic acids is 2. The highest BCUT2D eigenvalue weighted by Crippen LogP contribution is 2.16. The van der Waals surface area contributed by atoms with Gasteiger partial charge in [0.15, 0.2) is 0 Å². The minimum atomic E-state index is -0.410. The van der Waals surface area contributed by atoms with Crippen LogP contribution in [0.1, 0.15) is 17.3 Å². The van der Waals surface area contributed by atoms with Crippen LogP contribution in [0.3, 0.4) is 0 Å². The molecular formula is C13H15ClN2O2. The van der Waals surface area contributed by atoms with Crippen molar-refractivity contribution in [2.45, 2.75) is 13.0 Å². The topological polar surface area (TPSA) is 40.6 Å². The fourth-order valence-electron chi connectivity index (χ4n) is 2.05. The highest BCUT2D eigenvalue weighted by molar-refractivity contribution is 6.30. The molecule has 1 heterocycles. The summed E-state index contributed by atoms with van der Waals surface area (Å²) < 4.78 is 0. The minimum absolute atomic E-state index is 0.0245. The van der Waals surface area contributed by atoms with Gasteiger partial charge in [0.05, 0.1) is 0 Å². The quantitative estimate of drug-likeness (QED) is 0.775. The van der Waals surface area contributed by atoms with E-state index in [0.29, 0.717) is 23.7 Å². The Hall–Kier alpha value is -1.55. The lowest BCUT2D eigenvalue weighted by atomic mass is 10.1. The maximum absolute atomic E-state index is 12.3. The maximum atomic E-state index is 12.3. The number of halogens is 1. The molecule has 0 N–H and O–H groups in total. The van der Waals surface area contributed by atoms with Crippen molar-refractivity contribution in [2.24, 2.45) is 0 Å². The van der Waals surface area contributed by atoms with Crippen LogP contribution in [0.5, 0.6) is 0 Å². The van der Waals surface area contributed by atoms with E-state index >= 15 is 0 Å². The smallest absolute Gasteiger partial charge is 0.254 e. The summed E-state index contributed by atoms with van der Waals surface area (Å²) in [6.45, 7) is 2.89. The Morgan fingerprint density at radius 3 is 2.50 bits per heavy atom. The van der Waals surface area contributed by atoms with Crippen molar-refractivity contribution in [1.29, 1.82) is 0 Å². The number of likely N-dealkylation sites (N-methyl/N-ethyl adjacent to an activating group) is 1. The molecule has 18 heavy (non-hydrogen) atoms. The normalized spacial score (nSPS) is 20.2. The predicted molar refractivity (Wildman–Crippen MR) is 69.6 cm³/mol. The first-order valence-electron chi connectivity index (χ1n) is 5.82. The SMILES string of the molecule is CC1C(=O)N(C)CCN1C(=O)c1ccc(Cl)cc1. The number of rotatable bonds is 1. The Morgan fingerprint density at radius 1 is 1.28 bits per heavy atom. The molecule has 1 atom stereocenters. The minimum Gasteiger partial charge on any atom is -0.342 e. The summed E-state index contributed by atoms with van der Waals surface area (Å²) >= 11 is 5.79. The zero-order valence-corrected chi connectivity index (χ0v) is 11.1. The van der Waals surface area contributed by atoms with E-state index in [1.807, 2.05) is 0 Å². The van der Waals surface area contributed by atoms with Gasteiger partial charge in [-0.1, -0.05) is 11.6 Å². The van der Waals surface area contributed by atoms with E-state index in [4.69, 9.17) is 11.6 Å². The van der Waals surface area contributed by atoms with Gasteiger partial charge in [-0.05, 0) is 31.2 Å². The molecule has 0 aromatic heterocycles. The molecule has 1 aromatic rings. The fourth-order valence-corrected chi connectivity index (χ4v) is 2.18. The summed E-state index contributed by atoms with van der Waals surface area (Å²) in [5.74, 6) is -0.149. The number of nitrogens with zero attached hydrogens (tertiary/aromatic N) is 2. The van der Waals surface area contributed by atoms with Crippen LogP contribution in [0.2, 0.25) is 5.02 Å². The largest absolute Gasteiger partial charge is 0.342 e. The molecule has 4 nitrogen and oxygen atoms in total. The first-order chi connectivity index (χ1) is 8.50. The molecule has 0 bridgehead atoms. The summed E-state index contributed by atoms with van der Waals surface area (Å²) in [7, 11) is 1.75. The molecule has 5 heteroatoms. The third-order valence-electron chi connectivity index (χ3n) is 3.23. The third-order valence-corrected chi connectivity index (χ3v) is 3.48. The second kappa shape index (κ2) is 4.98. The summed E-state index contributed by atoms with van der Waals surface area (Å²) in [5, 5.41) is 0.592. The molecule has 2 rings (SSSR count). The molecule has 1 fully saturated rings. The maximum Gasteiger partial charge on any atom is 0.254 e. The summed E-state index contributed by atoms with van der Waals surface area (Å²) in [4.78, 5) is 27.4. The van der Waals surface area contributed by atoms with Crippen LogP contribution in [0.25, 0.3) is 0 Å². The molecule has 0 aliphatic carbocycles. The van der Waals surface area contributed by atoms with Gasteiger partial charge in [0.1, 0.15) is 6.04 Å². The van der Waals surface area contributed by atoms with Crippen molar-refractivity contribution in [3.05, 3.63) is 34.9 Å². The van der Waals surface area contributed by atoms with Crippen LogP contribution in [-0.4, -0.2) is 47.8 Å². The van der Waals surface area contributed by atoms with Gasteiger partial charge in [0.2, 0.25) is 5.91 Å². The summed E-state index contributed by atoms with van der Waals surface area (Å²) in [6, 6.07) is 6.31. The van der Waals surface area contributed by atoms with E-state index in [-0.39, 0.29) is 11.8 Å². The van der Waals surface area contributed by atoms with Crippen molar-refractivity contribution < 1.29 is 9.59 Å². The highest BCUT2D eigenvalue weighted by atomic mass is 35.5. The Labute approximate surface area is 111 Å². The molecule has 0 spiro atoms. The number of carbonyl (C=O) groups is 2. The lowest BCUT2D eigenvalue weighted by molar-refractivity contribution is -0.137. The Bertz CT molecular complexity index is 472. The first-order valence-corrected chi connectivity index (χ1v) is 6.20. The Balaban J connectivity index is 2.19. The zero-order valence-electron chi connectivity index (χ0n) is 10.4. The van der Waals surface area contributed by atoms with Gasteiger partial charge >= 0.3 is 0 Å². The molecule has 96 valence electrons. The van der Waals surface area contributed by atoms with Crippen molar-refractivity contribution in [2.75, 3.05) is 20.1 Å². The van der Waals surface area contributed by atoms with Gasteiger partial charge < -0.3 is 9.80 Å². The van der Waals surface area contributed by atoms with E-state index in [0.717, 1.165) is 0 Å². The fraction of sp³-hybridized carbons (Fsp3) is 0.385. The van der Waals surface area contributed by atoms with Crippen LogP contribution in [0.15, 0.2) is 24.3 Å². The zero-order chi connectivity index (χ0) is 13.3. The average molecular weight is 267 g/mol. The van der Waals surface area contributed by atoms with E-state index in [9.17, 15) is 9.59 Å². The number of benzene rings is 1. The van der Waals surface area contributed by atoms with Gasteiger partial charge in [-0.3, -0.25) is 9.59 Å². The number of hydrogen-bond donors (Lipinski definition) is 0. The number of hydrogen-bond acceptors (Lipinski definition) is 2. The van der Waals surface area contributed by atoms with E-state index in [1.165, 1.54) is 0 Å². The third kappa shape index (κ3) is 2.34. The molecule has 1 aliphatic rings. The molecular weight excluding hydrogens is 252 g/mol. The summed E-state index contributed by atoms with van der Waals surface area (Å²) in [5.41, 5.74) is 0.559. The van der Waals surface area contributed by atoms with Crippen LogP contribution in [0, 0.1) is 0 Å². The predicted octanol–water partition coefficient (Wildman–Crippen LogP) is 1.64. The number of piperazine rings is 1. The van der Waals surface area contributed by atoms with E-state index < -0.39 is 6.04 Å². The van der Waals surface area contributed by atoms with Crippen LogP contribution in [-0.2, 0) is 4.79 Å². The van der Waals surface area contributed by atoms with E-state index in [1.54, 1.807) is 48.0 Å². The standard InChI is InChI=1S/C13H15ClN2O2/c1-9-12(17)15(2)7-8-16(9)13(18)10-3-5-11(14)6-4-10/h3-6,9H,7-8H2,1-2H3. The van der Waals surface area contributed by atoms with Crippen molar-refractivity contribution in [3.63, 3.8) is 0 Å². The molecule has 1 aliphatic heterocycles. The van der Waals surface area contributed by atoms with Crippen LogP contribution in [0.4, 0.5) is 0 Å². The second-order valence-electron chi connectivity index (χ2n) is 4.44. The first kappa shape index (κ1) is 12.9. The molecule has 1 saturated heterocycles. The Kier molecular flexibility index (Phi) is 3.57. The van der Waals surface area contributed by atoms with Gasteiger partial charge in [-0.2, -0.15) is 0 Å². The van der Waals surface area contributed by atoms with Crippen molar-refractivity contribution >= 4 is 23.4 Å². The van der Waals surface area contributed by atoms with Gasteiger partial charge in [-0.15, -0.1) is 0 Å². The van der Waals surface area contributed by atoms with Gasteiger partial charge in [-0.25, -0.2) is 0 Å². The lowest BCUT2D eigenvalue weighted by Crippen LogP contribution is -2.56. The monoisotopic (exact) mass is 266 g/mol. The van der Waals surface area contributed by atoms with Gasteiger partial charge in [0, 0.05) is 30.7 Å². The Morgan fingerprint density at radius 2 is 1.89 bits per heavy atom. The molecule has 1 unspecified atom stereocenters. The molecule has 2 amide bonds. The van der Waals surface area contributed by atoms with Crippen molar-refractivity contribution in [1.82, 2.24) is 9.80 Å². The van der Waals surface area contributed by atoms with Crippen molar-refractivity contribution in [3.8, 4) is 0 Å². The molecule has 1 aromatic carbocycles. The van der Waals surface area contributed by atoms with Crippen LogP contribution >= 0.6 is 11.6 Å². The highest BCUT2D eigenvalue weighted by Gasteiger charge is 2.32. The lowest BCUT2D eigenvalue weighted by Gasteiger charge is -2.37. The summed E-state index contributed by atoms with van der Waals surface area (Å²) in [6.07, 6.45) is 0. The second-order valence-corrected chi connectivity index (χ2v) is 4.88. The van der Waals surface area contributed by atoms with Crippen LogP contribution < -0.4 is 0 Å². The van der Waals surface area contributed by atoms with Gasteiger partial charge in [0.25, 0.3) is 5.91 Å². The van der Waals surface area contributed by atoms with E-state index in [2.05, 4.69) is 0 Å².